The van der Waals surface area contributed by atoms with Crippen LogP contribution in [0.4, 0.5) is 0 Å². The summed E-state index contributed by atoms with van der Waals surface area (Å²) in [5.74, 6) is -0.106. The Balaban J connectivity index is 2.73. The minimum atomic E-state index is -1.12. The van der Waals surface area contributed by atoms with Crippen LogP contribution in [0.2, 0.25) is 0 Å². The van der Waals surface area contributed by atoms with Gasteiger partial charge in [-0.15, -0.1) is 0 Å². The Morgan fingerprint density at radius 3 is 2.90 bits per heavy atom. The van der Waals surface area contributed by atoms with Crippen molar-refractivity contribution in [3.63, 3.8) is 0 Å². The molecule has 1 heterocycles. The van der Waals surface area contributed by atoms with Gasteiger partial charge in [0.25, 0.3) is 0 Å². The van der Waals surface area contributed by atoms with Gasteiger partial charge in [0.05, 0.1) is 0 Å². The van der Waals surface area contributed by atoms with Crippen LogP contribution in [0, 0.1) is 0 Å². The molecule has 1 rings (SSSR count). The number of allylic oxidation sites excluding steroid dienone is 1. The number of hydrogen-bond donors (Lipinski definition) is 2. The Labute approximate surface area is 58.9 Å². The van der Waals surface area contributed by atoms with Crippen LogP contribution < -0.4 is 5.32 Å². The molecule has 4 heteroatoms. The van der Waals surface area contributed by atoms with Gasteiger partial charge in [0.15, 0.2) is 0 Å². The lowest BCUT2D eigenvalue weighted by Gasteiger charge is -2.12. The third-order valence-corrected chi connectivity index (χ3v) is 1.27. The van der Waals surface area contributed by atoms with Crippen molar-refractivity contribution < 1.29 is 10.2 Å². The van der Waals surface area contributed by atoms with E-state index in [0.29, 0.717) is 12.0 Å². The Kier molecular flexibility index (Phi) is 1.91. The second kappa shape index (κ2) is 2.70. The number of hydrogen-bond acceptors (Lipinski definition) is 3. The van der Waals surface area contributed by atoms with E-state index in [1.807, 2.05) is 6.92 Å². The molecule has 4 nitrogen and oxygen atoms in total. The quantitative estimate of drug-likeness (QED) is 0.545. The first kappa shape index (κ1) is 7.08. The first-order valence-electron chi connectivity index (χ1n) is 3.08. The Morgan fingerprint density at radius 1 is 1.70 bits per heavy atom. The van der Waals surface area contributed by atoms with Gasteiger partial charge in [-0.25, -0.2) is 4.99 Å². The summed E-state index contributed by atoms with van der Waals surface area (Å²) in [5, 5.41) is 21.2. The molecule has 1 radical (unpaired) electrons. The molecule has 0 bridgehead atoms. The van der Waals surface area contributed by atoms with E-state index in [2.05, 4.69) is 10.3 Å². The standard InChI is InChI=1S/C6H9N2O2/c1-2-4-3-7-6(10)8-5(4)9/h3,6,9-10H,2H2,1H3. The molecule has 1 atom stereocenters. The summed E-state index contributed by atoms with van der Waals surface area (Å²) in [6.07, 6.45) is 0.994. The van der Waals surface area contributed by atoms with Gasteiger partial charge in [0.2, 0.25) is 12.2 Å². The normalized spacial score (nSPS) is 24.8. The first-order chi connectivity index (χ1) is 4.74. The van der Waals surface area contributed by atoms with Crippen LogP contribution in [0.25, 0.3) is 0 Å². The molecule has 10 heavy (non-hydrogen) atoms. The van der Waals surface area contributed by atoms with E-state index in [4.69, 9.17) is 10.2 Å². The van der Waals surface area contributed by atoms with Crippen LogP contribution in [0.5, 0.6) is 0 Å². The van der Waals surface area contributed by atoms with Gasteiger partial charge in [0.1, 0.15) is 0 Å². The fraction of sp³-hybridized carbons (Fsp3) is 0.500. The fourth-order valence-electron chi connectivity index (χ4n) is 0.689. The van der Waals surface area contributed by atoms with E-state index in [-0.39, 0.29) is 5.88 Å². The Bertz CT molecular complexity index is 186. The fourth-order valence-corrected chi connectivity index (χ4v) is 0.689. The Hall–Kier alpha value is -1.03. The van der Waals surface area contributed by atoms with Crippen molar-refractivity contribution in [1.29, 1.82) is 0 Å². The van der Waals surface area contributed by atoms with Crippen molar-refractivity contribution in [3.8, 4) is 0 Å². The van der Waals surface area contributed by atoms with Crippen molar-refractivity contribution in [3.05, 3.63) is 11.5 Å². The molecular formula is C6H9N2O2. The lowest BCUT2D eigenvalue weighted by Crippen LogP contribution is -2.24. The van der Waals surface area contributed by atoms with E-state index < -0.39 is 6.35 Å². The van der Waals surface area contributed by atoms with Gasteiger partial charge in [-0.3, -0.25) is 0 Å². The van der Waals surface area contributed by atoms with Crippen molar-refractivity contribution in [2.75, 3.05) is 0 Å². The van der Waals surface area contributed by atoms with Crippen molar-refractivity contribution in [1.82, 2.24) is 5.32 Å². The smallest absolute Gasteiger partial charge is 0.246 e. The topological polar surface area (TPSA) is 66.9 Å². The molecule has 55 valence electrons. The largest absolute Gasteiger partial charge is 0.493 e. The minimum Gasteiger partial charge on any atom is -0.493 e. The van der Waals surface area contributed by atoms with Crippen LogP contribution in [0.3, 0.4) is 0 Å². The van der Waals surface area contributed by atoms with Crippen LogP contribution in [0.15, 0.2) is 16.4 Å². The van der Waals surface area contributed by atoms with Crippen molar-refractivity contribution >= 4 is 6.21 Å². The number of aliphatic imine (C=N–C) groups is 1. The Morgan fingerprint density at radius 2 is 2.40 bits per heavy atom. The van der Waals surface area contributed by atoms with E-state index in [1.54, 1.807) is 0 Å². The number of aliphatic hydroxyl groups is 2. The average molecular weight is 141 g/mol. The number of nitrogens with zero attached hydrogens (tertiary/aromatic N) is 2. The molecule has 0 fully saturated rings. The van der Waals surface area contributed by atoms with Crippen molar-refractivity contribution in [2.24, 2.45) is 4.99 Å². The predicted molar refractivity (Wildman–Crippen MR) is 36.6 cm³/mol. The maximum absolute atomic E-state index is 9.00. The van der Waals surface area contributed by atoms with E-state index >= 15 is 0 Å². The summed E-state index contributed by atoms with van der Waals surface area (Å²) in [5.41, 5.74) is 0.658. The molecule has 0 aromatic heterocycles. The summed E-state index contributed by atoms with van der Waals surface area (Å²) in [6, 6.07) is 0. The van der Waals surface area contributed by atoms with E-state index in [9.17, 15) is 0 Å². The van der Waals surface area contributed by atoms with E-state index in [0.717, 1.165) is 0 Å². The summed E-state index contributed by atoms with van der Waals surface area (Å²) in [7, 11) is 0. The zero-order chi connectivity index (χ0) is 7.56. The van der Waals surface area contributed by atoms with Crippen LogP contribution in [-0.2, 0) is 0 Å². The van der Waals surface area contributed by atoms with Gasteiger partial charge in [-0.2, -0.15) is 5.32 Å². The van der Waals surface area contributed by atoms with Gasteiger partial charge in [-0.1, -0.05) is 6.92 Å². The molecule has 1 unspecified atom stereocenters. The summed E-state index contributed by atoms with van der Waals surface area (Å²) >= 11 is 0. The summed E-state index contributed by atoms with van der Waals surface area (Å²) in [4.78, 5) is 3.58. The lowest BCUT2D eigenvalue weighted by atomic mass is 10.2. The monoisotopic (exact) mass is 141 g/mol. The highest BCUT2D eigenvalue weighted by atomic mass is 16.3. The van der Waals surface area contributed by atoms with Gasteiger partial charge in [-0.05, 0) is 6.42 Å². The second-order valence-electron chi connectivity index (χ2n) is 1.96. The highest BCUT2D eigenvalue weighted by Crippen LogP contribution is 2.07. The molecule has 1 aliphatic rings. The zero-order valence-corrected chi connectivity index (χ0v) is 5.65. The molecule has 0 amide bonds. The maximum atomic E-state index is 9.00. The number of rotatable bonds is 1. The molecule has 1 aliphatic heterocycles. The van der Waals surface area contributed by atoms with Crippen LogP contribution in [0.1, 0.15) is 13.3 Å². The summed E-state index contributed by atoms with van der Waals surface area (Å²) in [6.45, 7) is 1.88. The highest BCUT2D eigenvalue weighted by molar-refractivity contribution is 5.79. The maximum Gasteiger partial charge on any atom is 0.246 e. The van der Waals surface area contributed by atoms with Gasteiger partial charge >= 0.3 is 0 Å². The lowest BCUT2D eigenvalue weighted by molar-refractivity contribution is 0.129. The molecule has 0 aromatic carbocycles. The van der Waals surface area contributed by atoms with Gasteiger partial charge in [0, 0.05) is 11.8 Å². The molecule has 0 saturated heterocycles. The zero-order valence-electron chi connectivity index (χ0n) is 5.65. The number of aliphatic hydroxyl groups excluding tert-OH is 2. The van der Waals surface area contributed by atoms with Crippen LogP contribution >= 0.6 is 0 Å². The SMILES string of the molecule is CCC1=C(O)[N]C(O)N=C1. The van der Waals surface area contributed by atoms with E-state index in [1.165, 1.54) is 6.21 Å². The second-order valence-corrected chi connectivity index (χ2v) is 1.96. The highest BCUT2D eigenvalue weighted by Gasteiger charge is 2.12. The third-order valence-electron chi connectivity index (χ3n) is 1.27. The van der Waals surface area contributed by atoms with Crippen LogP contribution in [-0.4, -0.2) is 22.8 Å². The minimum absolute atomic E-state index is 0.106. The first-order valence-corrected chi connectivity index (χ1v) is 3.08. The third kappa shape index (κ3) is 1.27. The molecular weight excluding hydrogens is 132 g/mol. The molecule has 0 aliphatic carbocycles. The molecule has 0 spiro atoms. The average Bonchev–Trinajstić information content (AvgIpc) is 1.88. The molecule has 0 saturated carbocycles. The summed E-state index contributed by atoms with van der Waals surface area (Å²) < 4.78 is 0. The molecule has 2 N–H and O–H groups in total. The predicted octanol–water partition coefficient (Wildman–Crippen LogP) is 0.131. The van der Waals surface area contributed by atoms with Crippen molar-refractivity contribution in [2.45, 2.75) is 19.7 Å². The van der Waals surface area contributed by atoms with Gasteiger partial charge < -0.3 is 10.2 Å². The molecule has 0 aromatic rings.